The van der Waals surface area contributed by atoms with Crippen molar-refractivity contribution >= 4 is 23.2 Å². The molecule has 1 fully saturated rings. The normalized spacial score (nSPS) is 18.7. The van der Waals surface area contributed by atoms with Gasteiger partial charge in [0.15, 0.2) is 0 Å². The Morgan fingerprint density at radius 2 is 1.94 bits per heavy atom. The fourth-order valence-electron chi connectivity index (χ4n) is 2.24. The zero-order valence-electron chi connectivity index (χ0n) is 10.9. The van der Waals surface area contributed by atoms with Gasteiger partial charge < -0.3 is 10.6 Å². The van der Waals surface area contributed by atoms with Crippen LogP contribution in [0.1, 0.15) is 37.0 Å². The number of amides is 1. The fraction of sp³-hybridized carbons (Fsp3) is 0.500. The molecule has 1 aromatic carbocycles. The van der Waals surface area contributed by atoms with Gasteiger partial charge in [0, 0.05) is 18.8 Å². The van der Waals surface area contributed by atoms with E-state index < -0.39 is 0 Å². The number of benzene rings is 1. The van der Waals surface area contributed by atoms with Gasteiger partial charge in [-0.3, -0.25) is 4.79 Å². The van der Waals surface area contributed by atoms with E-state index in [1.54, 1.807) is 18.2 Å². The summed E-state index contributed by atoms with van der Waals surface area (Å²) < 4.78 is 0. The van der Waals surface area contributed by atoms with E-state index in [1.165, 1.54) is 0 Å². The molecule has 0 atom stereocenters. The first kappa shape index (κ1) is 13.2. The number of nitrogens with zero attached hydrogens (tertiary/aromatic N) is 1. The lowest BCUT2D eigenvalue weighted by Crippen LogP contribution is -2.41. The van der Waals surface area contributed by atoms with E-state index in [4.69, 9.17) is 17.3 Å². The Bertz CT molecular complexity index is 441. The Kier molecular flexibility index (Phi) is 3.53. The van der Waals surface area contributed by atoms with Gasteiger partial charge in [-0.2, -0.15) is 0 Å². The number of nitrogens with two attached hydrogens (primary N) is 1. The largest absolute Gasteiger partial charge is 0.398 e. The summed E-state index contributed by atoms with van der Waals surface area (Å²) in [5, 5.41) is 0.435. The molecule has 0 radical (unpaired) electrons. The van der Waals surface area contributed by atoms with Crippen molar-refractivity contribution in [2.75, 3.05) is 18.8 Å². The van der Waals surface area contributed by atoms with E-state index in [0.717, 1.165) is 25.9 Å². The third kappa shape index (κ3) is 2.61. The summed E-state index contributed by atoms with van der Waals surface area (Å²) in [5.74, 6) is -0.0476. The van der Waals surface area contributed by atoms with Crippen LogP contribution in [0.25, 0.3) is 0 Å². The molecule has 1 heterocycles. The highest BCUT2D eigenvalue weighted by atomic mass is 35.5. The van der Waals surface area contributed by atoms with Crippen LogP contribution in [0, 0.1) is 5.41 Å². The minimum absolute atomic E-state index is 0.0476. The molecule has 0 unspecified atom stereocenters. The summed E-state index contributed by atoms with van der Waals surface area (Å²) in [4.78, 5) is 14.3. The molecule has 0 aliphatic carbocycles. The van der Waals surface area contributed by atoms with Crippen LogP contribution in [0.15, 0.2) is 18.2 Å². The number of anilines is 1. The molecule has 98 valence electrons. The summed E-state index contributed by atoms with van der Waals surface area (Å²) >= 11 is 6.07. The number of hydrogen-bond acceptors (Lipinski definition) is 2. The molecule has 3 nitrogen and oxygen atoms in total. The first-order valence-electron chi connectivity index (χ1n) is 6.24. The van der Waals surface area contributed by atoms with Crippen LogP contribution in [0.3, 0.4) is 0 Å². The molecule has 1 aromatic rings. The molecule has 1 saturated heterocycles. The maximum atomic E-state index is 12.4. The van der Waals surface area contributed by atoms with Gasteiger partial charge in [0.05, 0.1) is 10.6 Å². The molecular formula is C14H19ClN2O. The smallest absolute Gasteiger partial charge is 0.257 e. The van der Waals surface area contributed by atoms with Gasteiger partial charge >= 0.3 is 0 Å². The average molecular weight is 267 g/mol. The van der Waals surface area contributed by atoms with Crippen LogP contribution >= 0.6 is 11.6 Å². The van der Waals surface area contributed by atoms with E-state index in [0.29, 0.717) is 21.7 Å². The number of carbonyl (C=O) groups excluding carboxylic acids is 1. The van der Waals surface area contributed by atoms with Gasteiger partial charge in [0.1, 0.15) is 0 Å². The molecule has 1 amide bonds. The van der Waals surface area contributed by atoms with Crippen molar-refractivity contribution in [1.82, 2.24) is 4.90 Å². The van der Waals surface area contributed by atoms with Crippen molar-refractivity contribution in [3.8, 4) is 0 Å². The molecule has 2 rings (SSSR count). The minimum Gasteiger partial charge on any atom is -0.398 e. The minimum atomic E-state index is -0.0476. The van der Waals surface area contributed by atoms with Gasteiger partial charge in [-0.15, -0.1) is 0 Å². The summed E-state index contributed by atoms with van der Waals surface area (Å²) in [6.45, 7) is 6.02. The number of nitrogen functional groups attached to an aromatic ring is 1. The van der Waals surface area contributed by atoms with Gasteiger partial charge in [-0.25, -0.2) is 0 Å². The van der Waals surface area contributed by atoms with Crippen LogP contribution in [0.2, 0.25) is 5.02 Å². The van der Waals surface area contributed by atoms with Crippen LogP contribution in [-0.2, 0) is 0 Å². The lowest BCUT2D eigenvalue weighted by atomic mass is 9.82. The van der Waals surface area contributed by atoms with E-state index in [2.05, 4.69) is 13.8 Å². The average Bonchev–Trinajstić information content (AvgIpc) is 2.28. The van der Waals surface area contributed by atoms with Crippen LogP contribution in [0.4, 0.5) is 5.69 Å². The second-order valence-corrected chi connectivity index (χ2v) is 6.07. The third-order valence-electron chi connectivity index (χ3n) is 3.66. The van der Waals surface area contributed by atoms with E-state index >= 15 is 0 Å². The molecule has 1 aliphatic heterocycles. The highest BCUT2D eigenvalue weighted by Gasteiger charge is 2.29. The Morgan fingerprint density at radius 1 is 1.33 bits per heavy atom. The number of hydrogen-bond donors (Lipinski definition) is 1. The highest BCUT2D eigenvalue weighted by molar-refractivity contribution is 6.34. The first-order valence-corrected chi connectivity index (χ1v) is 6.62. The van der Waals surface area contributed by atoms with Crippen molar-refractivity contribution in [2.45, 2.75) is 26.7 Å². The predicted molar refractivity (Wildman–Crippen MR) is 74.8 cm³/mol. The summed E-state index contributed by atoms with van der Waals surface area (Å²) in [7, 11) is 0. The van der Waals surface area contributed by atoms with Crippen LogP contribution in [-0.4, -0.2) is 23.9 Å². The van der Waals surface area contributed by atoms with Crippen molar-refractivity contribution < 1.29 is 4.79 Å². The van der Waals surface area contributed by atoms with Gasteiger partial charge in [-0.05, 0) is 30.4 Å². The molecule has 0 bridgehead atoms. The van der Waals surface area contributed by atoms with Crippen LogP contribution in [0.5, 0.6) is 0 Å². The SMILES string of the molecule is CC1(C)CCN(C(=O)c2c(N)cccc2Cl)CC1. The second-order valence-electron chi connectivity index (χ2n) is 5.66. The van der Waals surface area contributed by atoms with Gasteiger partial charge in [0.25, 0.3) is 5.91 Å². The predicted octanol–water partition coefficient (Wildman–Crippen LogP) is 3.18. The van der Waals surface area contributed by atoms with E-state index in [1.807, 2.05) is 4.90 Å². The van der Waals surface area contributed by atoms with Crippen LogP contribution < -0.4 is 5.73 Å². The van der Waals surface area contributed by atoms with Crippen molar-refractivity contribution in [1.29, 1.82) is 0 Å². The third-order valence-corrected chi connectivity index (χ3v) is 3.98. The topological polar surface area (TPSA) is 46.3 Å². The quantitative estimate of drug-likeness (QED) is 0.794. The molecule has 0 saturated carbocycles. The Labute approximate surface area is 113 Å². The summed E-state index contributed by atoms with van der Waals surface area (Å²) in [5.41, 5.74) is 7.07. The Morgan fingerprint density at radius 3 is 2.50 bits per heavy atom. The van der Waals surface area contributed by atoms with Gasteiger partial charge in [0.2, 0.25) is 0 Å². The second kappa shape index (κ2) is 4.81. The maximum Gasteiger partial charge on any atom is 0.257 e. The van der Waals surface area contributed by atoms with Crippen molar-refractivity contribution in [3.63, 3.8) is 0 Å². The standard InChI is InChI=1S/C14H19ClN2O/c1-14(2)6-8-17(9-7-14)13(18)12-10(15)4-3-5-11(12)16/h3-5H,6-9,16H2,1-2H3. The summed E-state index contributed by atoms with van der Waals surface area (Å²) in [6, 6.07) is 5.18. The number of likely N-dealkylation sites (tertiary alicyclic amines) is 1. The fourth-order valence-corrected chi connectivity index (χ4v) is 2.50. The lowest BCUT2D eigenvalue weighted by molar-refractivity contribution is 0.0631. The molecule has 4 heteroatoms. The molecule has 0 spiro atoms. The zero-order chi connectivity index (χ0) is 13.3. The molecule has 2 N–H and O–H groups in total. The Balaban J connectivity index is 2.18. The highest BCUT2D eigenvalue weighted by Crippen LogP contribution is 2.32. The van der Waals surface area contributed by atoms with E-state index in [9.17, 15) is 4.79 Å². The van der Waals surface area contributed by atoms with Crippen molar-refractivity contribution in [2.24, 2.45) is 5.41 Å². The zero-order valence-corrected chi connectivity index (χ0v) is 11.6. The Hall–Kier alpha value is -1.22. The van der Waals surface area contributed by atoms with E-state index in [-0.39, 0.29) is 5.91 Å². The molecule has 18 heavy (non-hydrogen) atoms. The maximum absolute atomic E-state index is 12.4. The number of halogens is 1. The number of carbonyl (C=O) groups is 1. The molecule has 1 aliphatic rings. The number of piperidine rings is 1. The summed E-state index contributed by atoms with van der Waals surface area (Å²) in [6.07, 6.45) is 2.03. The number of rotatable bonds is 1. The first-order chi connectivity index (χ1) is 8.41. The monoisotopic (exact) mass is 266 g/mol. The molecule has 0 aromatic heterocycles. The lowest BCUT2D eigenvalue weighted by Gasteiger charge is -2.37. The molecular weight excluding hydrogens is 248 g/mol. The van der Waals surface area contributed by atoms with Crippen molar-refractivity contribution in [3.05, 3.63) is 28.8 Å². The van der Waals surface area contributed by atoms with Gasteiger partial charge in [-0.1, -0.05) is 31.5 Å².